The number of nitrogens with one attached hydrogen (secondary N) is 1. The molecule has 1 rings (SSSR count). The minimum Gasteiger partial charge on any atom is -0.383 e. The van der Waals surface area contributed by atoms with Crippen molar-refractivity contribution in [1.29, 1.82) is 0 Å². The van der Waals surface area contributed by atoms with Crippen molar-refractivity contribution in [1.82, 2.24) is 5.32 Å². The van der Waals surface area contributed by atoms with Gasteiger partial charge in [-0.3, -0.25) is 0 Å². The monoisotopic (exact) mass is 235 g/mol. The Morgan fingerprint density at radius 1 is 1.33 bits per heavy atom. The lowest BCUT2D eigenvalue weighted by molar-refractivity contribution is 0.192. The van der Waals surface area contributed by atoms with Gasteiger partial charge in [-0.2, -0.15) is 0 Å². The van der Waals surface area contributed by atoms with Crippen molar-refractivity contribution in [3.8, 4) is 0 Å². The fraction of sp³-hybridized carbons (Fsp3) is 1.00. The Hall–Kier alpha value is -0.130. The maximum Gasteiger partial charge on any atom is 0.151 e. The van der Waals surface area contributed by atoms with Gasteiger partial charge in [0.05, 0.1) is 11.9 Å². The van der Waals surface area contributed by atoms with Crippen molar-refractivity contribution >= 4 is 9.84 Å². The molecule has 0 amide bonds. The van der Waals surface area contributed by atoms with Crippen LogP contribution in [-0.4, -0.2) is 46.2 Å². The highest BCUT2D eigenvalue weighted by Crippen LogP contribution is 2.23. The summed E-state index contributed by atoms with van der Waals surface area (Å²) in [4.78, 5) is 0. The van der Waals surface area contributed by atoms with E-state index in [-0.39, 0.29) is 11.3 Å². The summed E-state index contributed by atoms with van der Waals surface area (Å²) in [6.07, 6.45) is 5.25. The standard InChI is InChI=1S/C10H21NO3S/c1-14-8-7-11-9-5-3-4-6-10(9)15(2,12)13/h9-11H,3-8H2,1-2H3. The molecule has 2 unspecified atom stereocenters. The number of hydrogen-bond acceptors (Lipinski definition) is 4. The van der Waals surface area contributed by atoms with E-state index in [1.165, 1.54) is 6.26 Å². The third kappa shape index (κ3) is 4.09. The molecule has 1 aliphatic carbocycles. The van der Waals surface area contributed by atoms with Gasteiger partial charge < -0.3 is 10.1 Å². The summed E-state index contributed by atoms with van der Waals surface area (Å²) in [5.41, 5.74) is 0. The zero-order chi connectivity index (χ0) is 11.3. The predicted molar refractivity (Wildman–Crippen MR) is 60.8 cm³/mol. The van der Waals surface area contributed by atoms with E-state index in [2.05, 4.69) is 5.32 Å². The molecule has 1 N–H and O–H groups in total. The van der Waals surface area contributed by atoms with E-state index in [9.17, 15) is 8.42 Å². The largest absolute Gasteiger partial charge is 0.383 e. The second kappa shape index (κ2) is 5.82. The molecule has 1 aliphatic rings. The molecule has 5 heteroatoms. The number of rotatable bonds is 5. The second-order valence-electron chi connectivity index (χ2n) is 4.21. The molecule has 4 nitrogen and oxygen atoms in total. The highest BCUT2D eigenvalue weighted by atomic mass is 32.2. The van der Waals surface area contributed by atoms with Gasteiger partial charge >= 0.3 is 0 Å². The quantitative estimate of drug-likeness (QED) is 0.708. The molecule has 0 radical (unpaired) electrons. The number of hydrogen-bond donors (Lipinski definition) is 1. The zero-order valence-electron chi connectivity index (χ0n) is 9.53. The topological polar surface area (TPSA) is 55.4 Å². The van der Waals surface area contributed by atoms with Gasteiger partial charge in [0.25, 0.3) is 0 Å². The molecule has 15 heavy (non-hydrogen) atoms. The molecule has 2 atom stereocenters. The van der Waals surface area contributed by atoms with Crippen LogP contribution in [0.5, 0.6) is 0 Å². The Morgan fingerprint density at radius 2 is 2.00 bits per heavy atom. The van der Waals surface area contributed by atoms with Gasteiger partial charge in [0.15, 0.2) is 9.84 Å². The lowest BCUT2D eigenvalue weighted by Gasteiger charge is -2.30. The molecule has 0 aromatic carbocycles. The molecule has 0 bridgehead atoms. The molecule has 0 spiro atoms. The summed E-state index contributed by atoms with van der Waals surface area (Å²) in [6.45, 7) is 1.36. The first kappa shape index (κ1) is 12.9. The van der Waals surface area contributed by atoms with Gasteiger partial charge in [-0.1, -0.05) is 12.8 Å². The Balaban J connectivity index is 2.51. The number of sulfone groups is 1. The fourth-order valence-corrected chi connectivity index (χ4v) is 3.61. The van der Waals surface area contributed by atoms with E-state index in [1.54, 1.807) is 7.11 Å². The highest BCUT2D eigenvalue weighted by molar-refractivity contribution is 7.91. The van der Waals surface area contributed by atoms with Crippen LogP contribution < -0.4 is 5.32 Å². The minimum atomic E-state index is -2.92. The maximum absolute atomic E-state index is 11.6. The third-order valence-electron chi connectivity index (χ3n) is 2.97. The van der Waals surface area contributed by atoms with Gasteiger partial charge in [0, 0.05) is 26.0 Å². The van der Waals surface area contributed by atoms with E-state index >= 15 is 0 Å². The zero-order valence-corrected chi connectivity index (χ0v) is 10.3. The van der Waals surface area contributed by atoms with E-state index in [1.807, 2.05) is 0 Å². The second-order valence-corrected chi connectivity index (χ2v) is 6.47. The Kier molecular flexibility index (Phi) is 5.02. The average Bonchev–Trinajstić information content (AvgIpc) is 2.17. The van der Waals surface area contributed by atoms with Crippen LogP contribution in [0.1, 0.15) is 25.7 Å². The Labute approximate surface area is 92.3 Å². The van der Waals surface area contributed by atoms with Gasteiger partial charge in [0.2, 0.25) is 0 Å². The van der Waals surface area contributed by atoms with Crippen molar-refractivity contribution in [3.63, 3.8) is 0 Å². The van der Waals surface area contributed by atoms with E-state index in [0.717, 1.165) is 32.2 Å². The van der Waals surface area contributed by atoms with Crippen LogP contribution in [0.3, 0.4) is 0 Å². The fourth-order valence-electron chi connectivity index (χ4n) is 2.19. The van der Waals surface area contributed by atoms with Crippen molar-refractivity contribution in [2.24, 2.45) is 0 Å². The highest BCUT2D eigenvalue weighted by Gasteiger charge is 2.31. The lowest BCUT2D eigenvalue weighted by Crippen LogP contribution is -2.46. The smallest absolute Gasteiger partial charge is 0.151 e. The molecular weight excluding hydrogens is 214 g/mol. The van der Waals surface area contributed by atoms with Gasteiger partial charge in [0.1, 0.15) is 0 Å². The first-order valence-corrected chi connectivity index (χ1v) is 7.42. The van der Waals surface area contributed by atoms with Gasteiger partial charge in [-0.15, -0.1) is 0 Å². The predicted octanol–water partition coefficient (Wildman–Crippen LogP) is 0.578. The molecule has 0 heterocycles. The average molecular weight is 235 g/mol. The summed E-state index contributed by atoms with van der Waals surface area (Å²) in [6, 6.07) is 0.115. The van der Waals surface area contributed by atoms with E-state index < -0.39 is 9.84 Å². The molecule has 0 aromatic rings. The Morgan fingerprint density at radius 3 is 2.60 bits per heavy atom. The van der Waals surface area contributed by atoms with E-state index in [0.29, 0.717) is 6.61 Å². The summed E-state index contributed by atoms with van der Waals surface area (Å²) < 4.78 is 28.1. The van der Waals surface area contributed by atoms with Crippen LogP contribution in [0.2, 0.25) is 0 Å². The molecule has 90 valence electrons. The molecule has 1 saturated carbocycles. The van der Waals surface area contributed by atoms with Crippen LogP contribution in [0.25, 0.3) is 0 Å². The number of ether oxygens (including phenoxy) is 1. The van der Waals surface area contributed by atoms with Crippen LogP contribution in [0.4, 0.5) is 0 Å². The first-order chi connectivity index (χ1) is 7.05. The Bertz CT molecular complexity index is 276. The van der Waals surface area contributed by atoms with Crippen LogP contribution in [0.15, 0.2) is 0 Å². The normalized spacial score (nSPS) is 27.9. The van der Waals surface area contributed by atoms with Crippen LogP contribution in [-0.2, 0) is 14.6 Å². The summed E-state index contributed by atoms with van der Waals surface area (Å²) in [7, 11) is -1.27. The molecule has 0 saturated heterocycles. The van der Waals surface area contributed by atoms with Gasteiger partial charge in [-0.05, 0) is 12.8 Å². The first-order valence-electron chi connectivity index (χ1n) is 5.47. The summed E-state index contributed by atoms with van der Waals surface area (Å²) in [5, 5.41) is 3.07. The molecular formula is C10H21NO3S. The maximum atomic E-state index is 11.6. The SMILES string of the molecule is COCCNC1CCCCC1S(C)(=O)=O. The van der Waals surface area contributed by atoms with Crippen LogP contribution in [0, 0.1) is 0 Å². The third-order valence-corrected chi connectivity index (χ3v) is 4.63. The lowest BCUT2D eigenvalue weighted by atomic mass is 9.95. The van der Waals surface area contributed by atoms with Crippen molar-refractivity contribution in [2.75, 3.05) is 26.5 Å². The molecule has 0 aromatic heterocycles. The minimum absolute atomic E-state index is 0.115. The summed E-state index contributed by atoms with van der Waals surface area (Å²) in [5.74, 6) is 0. The number of methoxy groups -OCH3 is 1. The van der Waals surface area contributed by atoms with Crippen molar-refractivity contribution in [3.05, 3.63) is 0 Å². The van der Waals surface area contributed by atoms with Crippen molar-refractivity contribution in [2.45, 2.75) is 37.0 Å². The van der Waals surface area contributed by atoms with Crippen molar-refractivity contribution < 1.29 is 13.2 Å². The summed E-state index contributed by atoms with van der Waals surface area (Å²) >= 11 is 0. The van der Waals surface area contributed by atoms with Gasteiger partial charge in [-0.25, -0.2) is 8.42 Å². The molecule has 0 aliphatic heterocycles. The van der Waals surface area contributed by atoms with E-state index in [4.69, 9.17) is 4.74 Å². The van der Waals surface area contributed by atoms with Crippen LogP contribution >= 0.6 is 0 Å². The molecule has 1 fully saturated rings.